The molecule has 0 saturated heterocycles. The zero-order chi connectivity index (χ0) is 23.5. The topological polar surface area (TPSA) is 53.5 Å². The lowest BCUT2D eigenvalue weighted by Gasteiger charge is -2.30. The van der Waals surface area contributed by atoms with Crippen molar-refractivity contribution in [2.75, 3.05) is 43.2 Å². The molecule has 32 heavy (non-hydrogen) atoms. The summed E-state index contributed by atoms with van der Waals surface area (Å²) in [7, 11) is 2.03. The largest absolute Gasteiger partial charge is 0.477 e. The minimum Gasteiger partial charge on any atom is -0.477 e. The maximum atomic E-state index is 6.11. The quantitative estimate of drug-likeness (QED) is 0.294. The number of hydrogen-bond acceptors (Lipinski definition) is 7. The molecule has 1 aromatic heterocycles. The van der Waals surface area contributed by atoms with Crippen LogP contribution >= 0.6 is 11.8 Å². The van der Waals surface area contributed by atoms with Gasteiger partial charge in [-0.1, -0.05) is 43.7 Å². The van der Waals surface area contributed by atoms with Gasteiger partial charge < -0.3 is 15.0 Å². The molecule has 0 spiro atoms. The Balaban J connectivity index is 2.26. The van der Waals surface area contributed by atoms with E-state index in [2.05, 4.69) is 80.3 Å². The van der Waals surface area contributed by atoms with Crippen molar-refractivity contribution < 1.29 is 4.74 Å². The van der Waals surface area contributed by atoms with E-state index < -0.39 is 0 Å². The van der Waals surface area contributed by atoms with Crippen LogP contribution in [0.2, 0.25) is 0 Å². The molecule has 0 fully saturated rings. The average Bonchev–Trinajstić information content (AvgIpc) is 2.76. The molecule has 0 atom stereocenters. The SMILES string of the molecule is CCCCOc1nc(N(C)Cc2ccccc2)nc(NCCN(C(C)C)C(C)C)c1SC. The summed E-state index contributed by atoms with van der Waals surface area (Å²) in [5.41, 5.74) is 1.22. The van der Waals surface area contributed by atoms with Gasteiger partial charge in [0.25, 0.3) is 0 Å². The maximum absolute atomic E-state index is 6.11. The van der Waals surface area contributed by atoms with Crippen LogP contribution in [0.5, 0.6) is 5.88 Å². The van der Waals surface area contributed by atoms with E-state index in [1.807, 2.05) is 13.1 Å². The van der Waals surface area contributed by atoms with Crippen LogP contribution in [-0.4, -0.2) is 60.0 Å². The molecule has 2 aromatic rings. The Kier molecular flexibility index (Phi) is 11.1. The van der Waals surface area contributed by atoms with E-state index in [-0.39, 0.29) is 0 Å². The summed E-state index contributed by atoms with van der Waals surface area (Å²) in [5, 5.41) is 3.57. The Labute approximate surface area is 199 Å². The average molecular weight is 460 g/mol. The van der Waals surface area contributed by atoms with Gasteiger partial charge >= 0.3 is 0 Å². The number of nitrogens with zero attached hydrogens (tertiary/aromatic N) is 4. The van der Waals surface area contributed by atoms with E-state index in [4.69, 9.17) is 14.7 Å². The molecule has 0 aliphatic rings. The summed E-state index contributed by atoms with van der Waals surface area (Å²) < 4.78 is 6.11. The van der Waals surface area contributed by atoms with Crippen molar-refractivity contribution in [3.63, 3.8) is 0 Å². The predicted molar refractivity (Wildman–Crippen MR) is 138 cm³/mol. The first-order valence-electron chi connectivity index (χ1n) is 11.7. The first-order valence-corrected chi connectivity index (χ1v) is 12.9. The van der Waals surface area contributed by atoms with E-state index >= 15 is 0 Å². The van der Waals surface area contributed by atoms with Crippen molar-refractivity contribution in [1.29, 1.82) is 0 Å². The Hall–Kier alpha value is -1.99. The van der Waals surface area contributed by atoms with Gasteiger partial charge in [-0.2, -0.15) is 9.97 Å². The molecule has 0 amide bonds. The van der Waals surface area contributed by atoms with Crippen molar-refractivity contribution in [2.24, 2.45) is 0 Å². The second-order valence-electron chi connectivity index (χ2n) is 8.61. The molecule has 7 heteroatoms. The van der Waals surface area contributed by atoms with Gasteiger partial charge in [0.15, 0.2) is 0 Å². The second-order valence-corrected chi connectivity index (χ2v) is 9.42. The highest BCUT2D eigenvalue weighted by Crippen LogP contribution is 2.34. The van der Waals surface area contributed by atoms with E-state index in [0.717, 1.165) is 43.2 Å². The zero-order valence-electron chi connectivity index (χ0n) is 20.9. The number of benzene rings is 1. The number of aromatic nitrogens is 2. The molecule has 0 saturated carbocycles. The molecule has 1 aromatic carbocycles. The van der Waals surface area contributed by atoms with Gasteiger partial charge in [-0.05, 0) is 45.9 Å². The molecule has 178 valence electrons. The van der Waals surface area contributed by atoms with Crippen LogP contribution in [0.4, 0.5) is 11.8 Å². The maximum Gasteiger partial charge on any atom is 0.234 e. The Morgan fingerprint density at radius 1 is 1.06 bits per heavy atom. The molecule has 2 rings (SSSR count). The summed E-state index contributed by atoms with van der Waals surface area (Å²) in [6.07, 6.45) is 4.15. The molecule has 0 aliphatic carbocycles. The van der Waals surface area contributed by atoms with E-state index in [1.165, 1.54) is 5.56 Å². The van der Waals surface area contributed by atoms with Crippen LogP contribution in [0.1, 0.15) is 53.0 Å². The summed E-state index contributed by atoms with van der Waals surface area (Å²) in [6.45, 7) is 14.3. The van der Waals surface area contributed by atoms with Gasteiger partial charge in [0, 0.05) is 38.8 Å². The van der Waals surface area contributed by atoms with Crippen LogP contribution in [0.3, 0.4) is 0 Å². The molecule has 1 heterocycles. The third kappa shape index (κ3) is 7.85. The van der Waals surface area contributed by atoms with Crippen LogP contribution in [0.15, 0.2) is 35.2 Å². The van der Waals surface area contributed by atoms with Crippen LogP contribution in [0, 0.1) is 0 Å². The van der Waals surface area contributed by atoms with Crippen molar-refractivity contribution in [1.82, 2.24) is 14.9 Å². The molecular formula is C25H41N5OS. The summed E-state index contributed by atoms with van der Waals surface area (Å²) >= 11 is 1.63. The van der Waals surface area contributed by atoms with E-state index in [1.54, 1.807) is 11.8 Å². The van der Waals surface area contributed by atoms with Gasteiger partial charge in [-0.25, -0.2) is 0 Å². The smallest absolute Gasteiger partial charge is 0.234 e. The van der Waals surface area contributed by atoms with Gasteiger partial charge in [0.2, 0.25) is 11.8 Å². The molecule has 1 N–H and O–H groups in total. The molecule has 0 bridgehead atoms. The highest BCUT2D eigenvalue weighted by Gasteiger charge is 2.19. The number of thioether (sulfide) groups is 1. The Morgan fingerprint density at radius 2 is 1.75 bits per heavy atom. The lowest BCUT2D eigenvalue weighted by molar-refractivity contribution is 0.182. The summed E-state index contributed by atoms with van der Waals surface area (Å²) in [6, 6.07) is 11.4. The number of nitrogens with one attached hydrogen (secondary N) is 1. The summed E-state index contributed by atoms with van der Waals surface area (Å²) in [4.78, 5) is 15.2. The molecule has 6 nitrogen and oxygen atoms in total. The van der Waals surface area contributed by atoms with Crippen LogP contribution in [0.25, 0.3) is 0 Å². The fourth-order valence-electron chi connectivity index (χ4n) is 3.65. The number of rotatable bonds is 14. The lowest BCUT2D eigenvalue weighted by atomic mass is 10.2. The Bertz CT molecular complexity index is 792. The molecular weight excluding hydrogens is 418 g/mol. The highest BCUT2D eigenvalue weighted by atomic mass is 32.2. The van der Waals surface area contributed by atoms with Crippen molar-refractivity contribution in [2.45, 2.75) is 71.0 Å². The third-order valence-electron chi connectivity index (χ3n) is 5.36. The summed E-state index contributed by atoms with van der Waals surface area (Å²) in [5.74, 6) is 2.19. The highest BCUT2D eigenvalue weighted by molar-refractivity contribution is 7.98. The van der Waals surface area contributed by atoms with Gasteiger partial charge in [0.05, 0.1) is 6.61 Å². The van der Waals surface area contributed by atoms with Crippen molar-refractivity contribution >= 4 is 23.5 Å². The standard InChI is InChI=1S/C25H41N5OS/c1-8-9-17-31-24-22(32-7)23(26-15-16-30(19(2)3)20(4)5)27-25(28-24)29(6)18-21-13-11-10-12-14-21/h10-14,19-20H,8-9,15-18H2,1-7H3,(H,26,27,28). The first kappa shape index (κ1) is 26.3. The zero-order valence-corrected chi connectivity index (χ0v) is 21.7. The number of ether oxygens (including phenoxy) is 1. The molecule has 0 unspecified atom stereocenters. The first-order chi connectivity index (χ1) is 15.4. The van der Waals surface area contributed by atoms with Gasteiger partial charge in [-0.15, -0.1) is 11.8 Å². The molecule has 0 radical (unpaired) electrons. The van der Waals surface area contributed by atoms with Crippen molar-refractivity contribution in [3.05, 3.63) is 35.9 Å². The molecule has 0 aliphatic heterocycles. The van der Waals surface area contributed by atoms with E-state index in [0.29, 0.717) is 30.5 Å². The van der Waals surface area contributed by atoms with Gasteiger partial charge in [0.1, 0.15) is 10.7 Å². The monoisotopic (exact) mass is 459 g/mol. The van der Waals surface area contributed by atoms with E-state index in [9.17, 15) is 0 Å². The number of hydrogen-bond donors (Lipinski definition) is 1. The second kappa shape index (κ2) is 13.5. The number of unbranched alkanes of at least 4 members (excludes halogenated alkanes) is 1. The van der Waals surface area contributed by atoms with Crippen LogP contribution in [-0.2, 0) is 6.54 Å². The van der Waals surface area contributed by atoms with Crippen molar-refractivity contribution in [3.8, 4) is 5.88 Å². The third-order valence-corrected chi connectivity index (χ3v) is 6.13. The fraction of sp³-hybridized carbons (Fsp3) is 0.600. The Morgan fingerprint density at radius 3 is 2.34 bits per heavy atom. The van der Waals surface area contributed by atoms with Crippen LogP contribution < -0.4 is 15.0 Å². The minimum absolute atomic E-state index is 0.503. The van der Waals surface area contributed by atoms with Gasteiger partial charge in [-0.3, -0.25) is 4.90 Å². The predicted octanol–water partition coefficient (Wildman–Crippen LogP) is 5.54. The minimum atomic E-state index is 0.503. The lowest BCUT2D eigenvalue weighted by Crippen LogP contribution is -2.40. The fourth-order valence-corrected chi connectivity index (χ4v) is 4.24. The number of anilines is 2. The normalized spacial score (nSPS) is 11.4.